The van der Waals surface area contributed by atoms with E-state index >= 15 is 0 Å². The van der Waals surface area contributed by atoms with Crippen molar-refractivity contribution in [1.82, 2.24) is 30.1 Å². The van der Waals surface area contributed by atoms with Crippen LogP contribution in [0.2, 0.25) is 0 Å². The Hall–Kier alpha value is -2.94. The smallest absolute Gasteiger partial charge is 0.253 e. The van der Waals surface area contributed by atoms with E-state index < -0.39 is 0 Å². The summed E-state index contributed by atoms with van der Waals surface area (Å²) in [6.07, 6.45) is 3.01. The van der Waals surface area contributed by atoms with E-state index in [1.165, 1.54) is 0 Å². The monoisotopic (exact) mass is 454 g/mol. The van der Waals surface area contributed by atoms with Crippen molar-refractivity contribution in [3.8, 4) is 11.5 Å². The van der Waals surface area contributed by atoms with Gasteiger partial charge in [0.15, 0.2) is 17.3 Å². The van der Waals surface area contributed by atoms with Gasteiger partial charge < -0.3 is 14.5 Å². The molecule has 2 aromatic heterocycles. The highest BCUT2D eigenvalue weighted by atomic mass is 16.5. The van der Waals surface area contributed by atoms with Gasteiger partial charge in [-0.25, -0.2) is 4.68 Å². The summed E-state index contributed by atoms with van der Waals surface area (Å²) in [5.74, 6) is 2.55. The second-order valence-corrected chi connectivity index (χ2v) is 9.58. The van der Waals surface area contributed by atoms with E-state index in [9.17, 15) is 4.79 Å². The van der Waals surface area contributed by atoms with Crippen molar-refractivity contribution in [1.29, 1.82) is 0 Å². The van der Waals surface area contributed by atoms with Crippen LogP contribution in [0.3, 0.4) is 0 Å². The number of nitrogens with one attached hydrogen (secondary N) is 1. The van der Waals surface area contributed by atoms with E-state index in [0.29, 0.717) is 34.3 Å². The summed E-state index contributed by atoms with van der Waals surface area (Å²) < 4.78 is 12.8. The second-order valence-electron chi connectivity index (χ2n) is 9.58. The number of fused-ring (bicyclic) bond motifs is 1. The van der Waals surface area contributed by atoms with Crippen LogP contribution in [0.4, 0.5) is 0 Å². The van der Waals surface area contributed by atoms with Crippen LogP contribution in [0.1, 0.15) is 64.4 Å². The first-order valence-electron chi connectivity index (χ1n) is 11.6. The molecule has 1 aromatic carbocycles. The van der Waals surface area contributed by atoms with Gasteiger partial charge in [0.25, 0.3) is 5.56 Å². The van der Waals surface area contributed by atoms with Crippen LogP contribution < -0.4 is 15.0 Å². The molecule has 0 bridgehead atoms. The highest BCUT2D eigenvalue weighted by Gasteiger charge is 2.35. The summed E-state index contributed by atoms with van der Waals surface area (Å²) in [6.45, 7) is 10.4. The van der Waals surface area contributed by atoms with E-state index in [2.05, 4.69) is 53.1 Å². The quantitative estimate of drug-likeness (QED) is 0.583. The van der Waals surface area contributed by atoms with Gasteiger partial charge in [-0.1, -0.05) is 13.8 Å². The maximum Gasteiger partial charge on any atom is 0.253 e. The molecule has 3 heterocycles. The van der Waals surface area contributed by atoms with Gasteiger partial charge >= 0.3 is 0 Å². The van der Waals surface area contributed by atoms with Crippen LogP contribution in [0.5, 0.6) is 11.5 Å². The normalized spacial score (nSPS) is 16.8. The Morgan fingerprint density at radius 1 is 1.15 bits per heavy atom. The molecule has 0 radical (unpaired) electrons. The minimum atomic E-state index is -0.348. The van der Waals surface area contributed by atoms with Crippen LogP contribution in [-0.4, -0.2) is 57.4 Å². The third-order valence-corrected chi connectivity index (χ3v) is 7.03. The van der Waals surface area contributed by atoms with Gasteiger partial charge in [-0.15, -0.1) is 5.10 Å². The molecular weight excluding hydrogens is 420 g/mol. The Bertz CT molecular complexity index is 1180. The largest absolute Gasteiger partial charge is 0.493 e. The highest BCUT2D eigenvalue weighted by molar-refractivity contribution is 5.83. The van der Waals surface area contributed by atoms with Crippen LogP contribution >= 0.6 is 0 Å². The number of nitrogens with zero attached hydrogens (tertiary/aromatic N) is 5. The minimum Gasteiger partial charge on any atom is -0.493 e. The lowest BCUT2D eigenvalue weighted by atomic mass is 9.94. The molecule has 0 amide bonds. The SMILES string of the molecule is CCC(C)(C)n1nnnc1[C@H](c1cc2cc(OC)c(OC)cc2[nH]c1=O)N1CCC(C)CC1. The molecule has 1 fully saturated rings. The summed E-state index contributed by atoms with van der Waals surface area (Å²) in [5.41, 5.74) is 0.899. The molecule has 33 heavy (non-hydrogen) atoms. The number of aromatic amines is 1. The molecule has 9 heteroatoms. The number of benzene rings is 1. The zero-order valence-electron chi connectivity index (χ0n) is 20.4. The molecular formula is C24H34N6O3. The zero-order valence-corrected chi connectivity index (χ0v) is 20.4. The Balaban J connectivity index is 1.90. The lowest BCUT2D eigenvalue weighted by Gasteiger charge is -2.37. The van der Waals surface area contributed by atoms with Gasteiger partial charge in [-0.2, -0.15) is 0 Å². The average molecular weight is 455 g/mol. The van der Waals surface area contributed by atoms with Crippen molar-refractivity contribution in [2.75, 3.05) is 27.3 Å². The van der Waals surface area contributed by atoms with Crippen molar-refractivity contribution < 1.29 is 9.47 Å². The number of tetrazole rings is 1. The van der Waals surface area contributed by atoms with Crippen molar-refractivity contribution >= 4 is 10.9 Å². The predicted molar refractivity (Wildman–Crippen MR) is 127 cm³/mol. The average Bonchev–Trinajstić information content (AvgIpc) is 3.30. The Kier molecular flexibility index (Phi) is 6.43. The molecule has 1 aliphatic rings. The van der Waals surface area contributed by atoms with Crippen LogP contribution in [0.15, 0.2) is 23.0 Å². The molecule has 1 saturated heterocycles. The first-order valence-corrected chi connectivity index (χ1v) is 11.6. The lowest BCUT2D eigenvalue weighted by molar-refractivity contribution is 0.143. The molecule has 0 unspecified atom stereocenters. The lowest BCUT2D eigenvalue weighted by Crippen LogP contribution is -2.41. The minimum absolute atomic E-state index is 0.151. The fourth-order valence-corrected chi connectivity index (χ4v) is 4.48. The van der Waals surface area contributed by atoms with Crippen molar-refractivity contribution in [3.05, 3.63) is 39.9 Å². The summed E-state index contributed by atoms with van der Waals surface area (Å²) >= 11 is 0. The van der Waals surface area contributed by atoms with Crippen LogP contribution in [0.25, 0.3) is 10.9 Å². The van der Waals surface area contributed by atoms with E-state index in [4.69, 9.17) is 9.47 Å². The second kappa shape index (κ2) is 9.13. The number of ether oxygens (including phenoxy) is 2. The molecule has 9 nitrogen and oxygen atoms in total. The van der Waals surface area contributed by atoms with Gasteiger partial charge in [-0.3, -0.25) is 9.69 Å². The van der Waals surface area contributed by atoms with Crippen LogP contribution in [0, 0.1) is 5.92 Å². The summed E-state index contributed by atoms with van der Waals surface area (Å²) in [5, 5.41) is 13.7. The van der Waals surface area contributed by atoms with E-state index in [1.807, 2.05) is 16.8 Å². The fourth-order valence-electron chi connectivity index (χ4n) is 4.48. The van der Waals surface area contributed by atoms with Gasteiger partial charge in [0.05, 0.1) is 25.3 Å². The Labute approximate surface area is 194 Å². The number of aromatic nitrogens is 5. The van der Waals surface area contributed by atoms with Crippen molar-refractivity contribution in [2.24, 2.45) is 5.92 Å². The maximum atomic E-state index is 13.4. The van der Waals surface area contributed by atoms with E-state index in [1.54, 1.807) is 20.3 Å². The van der Waals surface area contributed by atoms with Gasteiger partial charge in [0.2, 0.25) is 0 Å². The molecule has 1 aliphatic heterocycles. The molecule has 0 spiro atoms. The number of piperidine rings is 1. The van der Waals surface area contributed by atoms with Crippen molar-refractivity contribution in [2.45, 2.75) is 58.5 Å². The Morgan fingerprint density at radius 2 is 1.82 bits per heavy atom. The number of likely N-dealkylation sites (tertiary alicyclic amines) is 1. The topological polar surface area (TPSA) is 98.2 Å². The number of hydrogen-bond donors (Lipinski definition) is 1. The number of rotatable bonds is 7. The van der Waals surface area contributed by atoms with Crippen molar-refractivity contribution in [3.63, 3.8) is 0 Å². The third-order valence-electron chi connectivity index (χ3n) is 7.03. The first-order chi connectivity index (χ1) is 15.8. The third kappa shape index (κ3) is 4.34. The number of H-pyrrole nitrogens is 1. The van der Waals surface area contributed by atoms with Gasteiger partial charge in [0.1, 0.15) is 6.04 Å². The standard InChI is InChI=1S/C24H34N6O3/c1-7-24(3,4)30-22(26-27-28-30)21(29-10-8-15(2)9-11-29)17-12-16-13-19(32-5)20(33-6)14-18(16)25-23(17)31/h12-15,21H,7-11H2,1-6H3,(H,25,31)/t21-/m0/s1. The van der Waals surface area contributed by atoms with Crippen LogP contribution in [-0.2, 0) is 5.54 Å². The Morgan fingerprint density at radius 3 is 2.45 bits per heavy atom. The highest BCUT2D eigenvalue weighted by Crippen LogP contribution is 2.35. The molecule has 3 aromatic rings. The predicted octanol–water partition coefficient (Wildman–Crippen LogP) is 3.50. The molecule has 0 aliphatic carbocycles. The molecule has 178 valence electrons. The van der Waals surface area contributed by atoms with Gasteiger partial charge in [-0.05, 0) is 74.7 Å². The molecule has 4 rings (SSSR count). The number of pyridine rings is 1. The number of hydrogen-bond acceptors (Lipinski definition) is 7. The summed E-state index contributed by atoms with van der Waals surface area (Å²) in [4.78, 5) is 18.8. The zero-order chi connectivity index (χ0) is 23.8. The number of methoxy groups -OCH3 is 2. The summed E-state index contributed by atoms with van der Waals surface area (Å²) in [6, 6.07) is 5.28. The van der Waals surface area contributed by atoms with Gasteiger partial charge in [0, 0.05) is 17.0 Å². The fraction of sp³-hybridized carbons (Fsp3) is 0.583. The first kappa shape index (κ1) is 23.2. The van der Waals surface area contributed by atoms with E-state index in [-0.39, 0.29) is 17.1 Å². The summed E-state index contributed by atoms with van der Waals surface area (Å²) in [7, 11) is 3.19. The molecule has 0 saturated carbocycles. The molecule has 1 atom stereocenters. The maximum absolute atomic E-state index is 13.4. The van der Waals surface area contributed by atoms with E-state index in [0.717, 1.165) is 37.7 Å². The molecule has 1 N–H and O–H groups in total.